The van der Waals surface area contributed by atoms with Crippen molar-refractivity contribution in [2.75, 3.05) is 13.1 Å². The van der Waals surface area contributed by atoms with Gasteiger partial charge in [0.05, 0.1) is 0 Å². The van der Waals surface area contributed by atoms with Crippen LogP contribution in [0.1, 0.15) is 45.1 Å². The molecule has 1 aromatic carbocycles. The van der Waals surface area contributed by atoms with Crippen LogP contribution in [0.25, 0.3) is 0 Å². The smallest absolute Gasteiger partial charge is 0.324 e. The van der Waals surface area contributed by atoms with Gasteiger partial charge in [0.25, 0.3) is 0 Å². The molecule has 0 bridgehead atoms. The van der Waals surface area contributed by atoms with E-state index in [0.29, 0.717) is 11.7 Å². The number of urea groups is 1. The highest BCUT2D eigenvalue weighted by molar-refractivity contribution is 5.95. The summed E-state index contributed by atoms with van der Waals surface area (Å²) in [5, 5.41) is 8.21. The number of rotatable bonds is 5. The van der Waals surface area contributed by atoms with Crippen molar-refractivity contribution in [3.05, 3.63) is 29.8 Å². The number of imide groups is 1. The summed E-state index contributed by atoms with van der Waals surface area (Å²) in [5.41, 5.74) is 1.23. The molecule has 0 aromatic heterocycles. The van der Waals surface area contributed by atoms with Crippen LogP contribution in [-0.4, -0.2) is 31.3 Å². The molecule has 3 amide bonds. The van der Waals surface area contributed by atoms with Gasteiger partial charge in [-0.25, -0.2) is 4.79 Å². The van der Waals surface area contributed by atoms with Gasteiger partial charge in [0.2, 0.25) is 5.91 Å². The lowest BCUT2D eigenvalue weighted by molar-refractivity contribution is -0.124. The summed E-state index contributed by atoms with van der Waals surface area (Å²) >= 11 is 0. The highest BCUT2D eigenvalue weighted by atomic mass is 16.5. The highest BCUT2D eigenvalue weighted by Gasteiger charge is 2.23. The molecule has 24 heavy (non-hydrogen) atoms. The molecule has 0 radical (unpaired) electrons. The molecule has 1 unspecified atom stereocenters. The highest BCUT2D eigenvalue weighted by Crippen LogP contribution is 2.19. The first-order valence-electron chi connectivity index (χ1n) is 8.54. The number of ether oxygens (including phenoxy) is 1. The van der Waals surface area contributed by atoms with Gasteiger partial charge in [-0.3, -0.25) is 10.1 Å². The second-order valence-electron chi connectivity index (χ2n) is 6.47. The Labute approximate surface area is 143 Å². The predicted octanol–water partition coefficient (Wildman–Crippen LogP) is 2.36. The average Bonchev–Trinajstić information content (AvgIpc) is 2.55. The molecule has 1 atom stereocenters. The molecule has 1 aromatic rings. The Kier molecular flexibility index (Phi) is 6.61. The number of amides is 3. The summed E-state index contributed by atoms with van der Waals surface area (Å²) in [7, 11) is 0. The quantitative estimate of drug-likeness (QED) is 0.723. The van der Waals surface area contributed by atoms with Gasteiger partial charge in [0.1, 0.15) is 5.75 Å². The summed E-state index contributed by atoms with van der Waals surface area (Å²) in [6, 6.07) is 7.25. The monoisotopic (exact) mass is 333 g/mol. The zero-order valence-electron chi connectivity index (χ0n) is 14.6. The number of benzene rings is 1. The molecule has 2 rings (SSSR count). The number of hydrogen-bond donors (Lipinski definition) is 3. The van der Waals surface area contributed by atoms with Crippen molar-refractivity contribution in [3.8, 4) is 5.75 Å². The summed E-state index contributed by atoms with van der Waals surface area (Å²) in [4.78, 5) is 23.9. The summed E-state index contributed by atoms with van der Waals surface area (Å²) in [6.07, 6.45) is 0.983. The fourth-order valence-corrected chi connectivity index (χ4v) is 2.68. The summed E-state index contributed by atoms with van der Waals surface area (Å²) < 4.78 is 5.65. The molecule has 1 saturated heterocycles. The first kappa shape index (κ1) is 18.3. The molecule has 3 N–H and O–H groups in total. The van der Waals surface area contributed by atoms with Gasteiger partial charge in [-0.1, -0.05) is 26.0 Å². The SMILES string of the molecule is CC(NC(=O)NC(=O)C1CCNCC1)Oc1ccc(C(C)C)cc1. The van der Waals surface area contributed by atoms with E-state index in [1.807, 2.05) is 24.3 Å². The average molecular weight is 333 g/mol. The molecule has 1 aliphatic heterocycles. The van der Waals surface area contributed by atoms with Crippen molar-refractivity contribution in [1.29, 1.82) is 0 Å². The van der Waals surface area contributed by atoms with Gasteiger partial charge in [0.15, 0.2) is 6.23 Å². The molecule has 1 fully saturated rings. The van der Waals surface area contributed by atoms with E-state index in [-0.39, 0.29) is 11.8 Å². The lowest BCUT2D eigenvalue weighted by Gasteiger charge is -2.22. The summed E-state index contributed by atoms with van der Waals surface area (Å²) in [6.45, 7) is 7.61. The standard InChI is InChI=1S/C18H27N3O3/c1-12(2)14-4-6-16(7-5-14)24-13(3)20-18(23)21-17(22)15-8-10-19-11-9-15/h4-7,12-13,15,19H,8-11H2,1-3H3,(H2,20,21,22,23). The second kappa shape index (κ2) is 8.68. The maximum atomic E-state index is 12.0. The van der Waals surface area contributed by atoms with E-state index in [1.165, 1.54) is 5.56 Å². The third kappa shape index (κ3) is 5.53. The number of carbonyl (C=O) groups is 2. The normalized spacial score (nSPS) is 16.5. The van der Waals surface area contributed by atoms with E-state index in [4.69, 9.17) is 4.74 Å². The molecule has 6 nitrogen and oxygen atoms in total. The molecule has 1 aliphatic rings. The molecule has 132 valence electrons. The van der Waals surface area contributed by atoms with Crippen LogP contribution in [0.4, 0.5) is 4.79 Å². The van der Waals surface area contributed by atoms with E-state index in [1.54, 1.807) is 6.92 Å². The molecular weight excluding hydrogens is 306 g/mol. The van der Waals surface area contributed by atoms with Crippen molar-refractivity contribution in [3.63, 3.8) is 0 Å². The lowest BCUT2D eigenvalue weighted by atomic mass is 9.97. The van der Waals surface area contributed by atoms with Crippen LogP contribution in [0.2, 0.25) is 0 Å². The molecule has 6 heteroatoms. The van der Waals surface area contributed by atoms with Crippen molar-refractivity contribution in [1.82, 2.24) is 16.0 Å². The molecule has 0 spiro atoms. The maximum absolute atomic E-state index is 12.0. The molecular formula is C18H27N3O3. The van der Waals surface area contributed by atoms with Crippen molar-refractivity contribution in [2.24, 2.45) is 5.92 Å². The molecule has 0 aliphatic carbocycles. The topological polar surface area (TPSA) is 79.5 Å². The van der Waals surface area contributed by atoms with Gasteiger partial charge in [-0.2, -0.15) is 0 Å². The first-order valence-corrected chi connectivity index (χ1v) is 8.54. The third-order valence-electron chi connectivity index (χ3n) is 4.14. The first-order chi connectivity index (χ1) is 11.5. The van der Waals surface area contributed by atoms with Crippen molar-refractivity contribution in [2.45, 2.75) is 45.8 Å². The van der Waals surface area contributed by atoms with Crippen LogP contribution in [0.15, 0.2) is 24.3 Å². The van der Waals surface area contributed by atoms with Gasteiger partial charge in [0, 0.05) is 5.92 Å². The zero-order chi connectivity index (χ0) is 17.5. The van der Waals surface area contributed by atoms with Crippen molar-refractivity contribution >= 4 is 11.9 Å². The Hall–Kier alpha value is -2.08. The molecule has 1 heterocycles. The largest absolute Gasteiger partial charge is 0.471 e. The number of nitrogens with one attached hydrogen (secondary N) is 3. The van der Waals surface area contributed by atoms with E-state index < -0.39 is 12.3 Å². The third-order valence-corrected chi connectivity index (χ3v) is 4.14. The van der Waals surface area contributed by atoms with Gasteiger partial charge in [-0.05, 0) is 56.5 Å². The number of piperidine rings is 1. The van der Waals surface area contributed by atoms with E-state index in [0.717, 1.165) is 25.9 Å². The lowest BCUT2D eigenvalue weighted by Crippen LogP contribution is -2.48. The van der Waals surface area contributed by atoms with E-state index >= 15 is 0 Å². The van der Waals surface area contributed by atoms with Crippen LogP contribution in [0, 0.1) is 5.92 Å². The number of carbonyl (C=O) groups excluding carboxylic acids is 2. The Bertz CT molecular complexity index is 551. The Morgan fingerprint density at radius 1 is 1.12 bits per heavy atom. The minimum Gasteiger partial charge on any atom is -0.471 e. The Morgan fingerprint density at radius 2 is 1.75 bits per heavy atom. The maximum Gasteiger partial charge on any atom is 0.324 e. The van der Waals surface area contributed by atoms with Crippen LogP contribution in [0.3, 0.4) is 0 Å². The molecule has 0 saturated carbocycles. The Balaban J connectivity index is 1.77. The fourth-order valence-electron chi connectivity index (χ4n) is 2.68. The fraction of sp³-hybridized carbons (Fsp3) is 0.556. The predicted molar refractivity (Wildman–Crippen MR) is 92.9 cm³/mol. The van der Waals surface area contributed by atoms with Gasteiger partial charge < -0.3 is 15.4 Å². The van der Waals surface area contributed by atoms with Gasteiger partial charge >= 0.3 is 6.03 Å². The van der Waals surface area contributed by atoms with Crippen molar-refractivity contribution < 1.29 is 14.3 Å². The van der Waals surface area contributed by atoms with E-state index in [2.05, 4.69) is 29.8 Å². The minimum absolute atomic E-state index is 0.100. The zero-order valence-corrected chi connectivity index (χ0v) is 14.6. The van der Waals surface area contributed by atoms with Crippen LogP contribution in [-0.2, 0) is 4.79 Å². The minimum atomic E-state index is -0.532. The van der Waals surface area contributed by atoms with E-state index in [9.17, 15) is 9.59 Å². The van der Waals surface area contributed by atoms with Crippen LogP contribution < -0.4 is 20.7 Å². The summed E-state index contributed by atoms with van der Waals surface area (Å²) in [5.74, 6) is 0.817. The second-order valence-corrected chi connectivity index (χ2v) is 6.47. The van der Waals surface area contributed by atoms with Crippen LogP contribution in [0.5, 0.6) is 5.75 Å². The van der Waals surface area contributed by atoms with Gasteiger partial charge in [-0.15, -0.1) is 0 Å². The Morgan fingerprint density at radius 3 is 2.33 bits per heavy atom. The van der Waals surface area contributed by atoms with Crippen LogP contribution >= 0.6 is 0 Å². The number of hydrogen-bond acceptors (Lipinski definition) is 4.